The smallest absolute Gasteiger partial charge is 0.282 e. The lowest BCUT2D eigenvalue weighted by Gasteiger charge is -2.18. The van der Waals surface area contributed by atoms with Gasteiger partial charge in [-0.3, -0.25) is 4.79 Å². The third-order valence-electron chi connectivity index (χ3n) is 6.21. The first-order valence-corrected chi connectivity index (χ1v) is 13.4. The van der Waals surface area contributed by atoms with Crippen molar-refractivity contribution in [3.63, 3.8) is 0 Å². The lowest BCUT2D eigenvalue weighted by molar-refractivity contribution is 0.230. The third-order valence-corrected chi connectivity index (χ3v) is 6.43. The minimum Gasteiger partial charge on any atom is -0.494 e. The van der Waals surface area contributed by atoms with Gasteiger partial charge in [-0.05, 0) is 75.1 Å². The van der Waals surface area contributed by atoms with Gasteiger partial charge in [0.25, 0.3) is 5.56 Å². The second-order valence-electron chi connectivity index (χ2n) is 9.80. The molecule has 0 aliphatic rings. The average Bonchev–Trinajstić information content (AvgIpc) is 2.89. The van der Waals surface area contributed by atoms with E-state index in [0.717, 1.165) is 22.4 Å². The molecule has 0 unspecified atom stereocenters. The largest absolute Gasteiger partial charge is 0.494 e. The van der Waals surface area contributed by atoms with E-state index in [-0.39, 0.29) is 17.6 Å². The maximum absolute atomic E-state index is 13.8. The summed E-state index contributed by atoms with van der Waals surface area (Å²) in [6, 6.07) is 14.7. The van der Waals surface area contributed by atoms with Crippen LogP contribution in [0.1, 0.15) is 57.2 Å². The van der Waals surface area contributed by atoms with E-state index in [9.17, 15) is 4.79 Å². The molecule has 7 nitrogen and oxygen atoms in total. The van der Waals surface area contributed by atoms with Gasteiger partial charge in [0.15, 0.2) is 17.3 Å². The van der Waals surface area contributed by atoms with E-state index in [4.69, 9.17) is 30.8 Å². The zero-order valence-electron chi connectivity index (χ0n) is 23.4. The average molecular weight is 548 g/mol. The molecule has 204 valence electrons. The Balaban J connectivity index is 1.99. The molecular formula is C31H34ClN3O4. The number of halogens is 1. The summed E-state index contributed by atoms with van der Waals surface area (Å²) in [5.74, 6) is 2.42. The molecule has 0 aliphatic carbocycles. The molecule has 0 fully saturated rings. The number of ether oxygens (including phenoxy) is 3. The van der Waals surface area contributed by atoms with Crippen LogP contribution in [0, 0.1) is 6.92 Å². The van der Waals surface area contributed by atoms with Gasteiger partial charge in [-0.15, -0.1) is 0 Å². The number of methoxy groups -OCH3 is 1. The van der Waals surface area contributed by atoms with Crippen molar-refractivity contribution in [3.8, 4) is 28.6 Å². The van der Waals surface area contributed by atoms with Crippen LogP contribution in [0.5, 0.6) is 17.2 Å². The highest BCUT2D eigenvalue weighted by atomic mass is 35.5. The molecule has 0 spiro atoms. The van der Waals surface area contributed by atoms with E-state index in [2.05, 4.69) is 18.9 Å². The van der Waals surface area contributed by atoms with Crippen LogP contribution in [-0.2, 0) is 0 Å². The summed E-state index contributed by atoms with van der Waals surface area (Å²) < 4.78 is 18.8. The summed E-state index contributed by atoms with van der Waals surface area (Å²) in [6.07, 6.45) is 1.44. The van der Waals surface area contributed by atoms with Gasteiger partial charge in [-0.1, -0.05) is 37.6 Å². The van der Waals surface area contributed by atoms with E-state index < -0.39 is 0 Å². The molecule has 0 radical (unpaired) electrons. The van der Waals surface area contributed by atoms with Gasteiger partial charge in [0.05, 0.1) is 36.9 Å². The van der Waals surface area contributed by atoms with Crippen molar-refractivity contribution < 1.29 is 14.2 Å². The van der Waals surface area contributed by atoms with E-state index in [0.29, 0.717) is 45.4 Å². The lowest BCUT2D eigenvalue weighted by atomic mass is 9.96. The molecule has 0 aliphatic heterocycles. The highest BCUT2D eigenvalue weighted by Gasteiger charge is 2.19. The number of para-hydroxylation sites is 1. The Morgan fingerprint density at radius 3 is 2.49 bits per heavy atom. The second kappa shape index (κ2) is 11.9. The lowest BCUT2D eigenvalue weighted by Crippen LogP contribution is -2.21. The van der Waals surface area contributed by atoms with Crippen LogP contribution >= 0.6 is 11.6 Å². The summed E-state index contributed by atoms with van der Waals surface area (Å²) in [7, 11) is 1.55. The standard InChI is InChI=1S/C31H34ClN3O4/c1-8-38-27-13-20(6)25(16-24(27)18(2)3)30-34-26-12-10-9-11-23(26)31(36)35(30)33-17-21-14-22(32)15-28(37-7)29(21)39-19(4)5/h9-19H,8H2,1-7H3. The Morgan fingerprint density at radius 1 is 1.08 bits per heavy atom. The van der Waals surface area contributed by atoms with Crippen molar-refractivity contribution in [2.45, 2.75) is 53.6 Å². The maximum Gasteiger partial charge on any atom is 0.282 e. The summed E-state index contributed by atoms with van der Waals surface area (Å²) in [5, 5.41) is 5.57. The molecule has 4 aromatic rings. The van der Waals surface area contributed by atoms with Crippen LogP contribution < -0.4 is 19.8 Å². The van der Waals surface area contributed by atoms with E-state index in [1.54, 1.807) is 31.5 Å². The fraction of sp³-hybridized carbons (Fsp3) is 0.323. The number of benzene rings is 3. The van der Waals surface area contributed by atoms with Crippen molar-refractivity contribution in [1.82, 2.24) is 9.66 Å². The van der Waals surface area contributed by atoms with Crippen molar-refractivity contribution in [3.05, 3.63) is 80.6 Å². The number of aryl methyl sites for hydroxylation is 1. The highest BCUT2D eigenvalue weighted by molar-refractivity contribution is 6.31. The van der Waals surface area contributed by atoms with E-state index in [1.165, 1.54) is 4.68 Å². The molecule has 8 heteroatoms. The van der Waals surface area contributed by atoms with Crippen LogP contribution in [0.3, 0.4) is 0 Å². The van der Waals surface area contributed by atoms with Gasteiger partial charge in [-0.2, -0.15) is 9.78 Å². The molecule has 39 heavy (non-hydrogen) atoms. The van der Waals surface area contributed by atoms with Crippen LogP contribution in [0.25, 0.3) is 22.3 Å². The Bertz CT molecular complexity index is 1590. The summed E-state index contributed by atoms with van der Waals surface area (Å²) in [6.45, 7) is 12.6. The molecule has 1 aromatic heterocycles. The minimum atomic E-state index is -0.286. The van der Waals surface area contributed by atoms with Crippen molar-refractivity contribution in [1.29, 1.82) is 0 Å². The Morgan fingerprint density at radius 2 is 1.82 bits per heavy atom. The third kappa shape index (κ3) is 5.93. The molecule has 1 heterocycles. The van der Waals surface area contributed by atoms with Gasteiger partial charge < -0.3 is 14.2 Å². The number of hydrogen-bond acceptors (Lipinski definition) is 6. The number of aromatic nitrogens is 2. The molecule has 0 atom stereocenters. The van der Waals surface area contributed by atoms with Gasteiger partial charge >= 0.3 is 0 Å². The molecule has 0 saturated carbocycles. The molecule has 0 N–H and O–H groups in total. The Labute approximate surface area is 234 Å². The Kier molecular flexibility index (Phi) is 8.60. The number of fused-ring (bicyclic) bond motifs is 1. The van der Waals surface area contributed by atoms with Crippen molar-refractivity contribution >= 4 is 28.7 Å². The number of nitrogens with zero attached hydrogens (tertiary/aromatic N) is 3. The zero-order chi connectivity index (χ0) is 28.3. The molecule has 0 saturated heterocycles. The molecule has 0 bridgehead atoms. The first-order valence-electron chi connectivity index (χ1n) is 13.0. The summed E-state index contributed by atoms with van der Waals surface area (Å²) >= 11 is 6.37. The predicted octanol–water partition coefficient (Wildman–Crippen LogP) is 7.23. The van der Waals surface area contributed by atoms with Crippen LogP contribution in [-0.4, -0.2) is 35.7 Å². The summed E-state index contributed by atoms with van der Waals surface area (Å²) in [4.78, 5) is 18.7. The molecule has 3 aromatic carbocycles. The second-order valence-corrected chi connectivity index (χ2v) is 10.2. The fourth-order valence-electron chi connectivity index (χ4n) is 4.39. The minimum absolute atomic E-state index is 0.117. The highest BCUT2D eigenvalue weighted by Crippen LogP contribution is 2.36. The maximum atomic E-state index is 13.8. The van der Waals surface area contributed by atoms with Crippen LogP contribution in [0.4, 0.5) is 0 Å². The fourth-order valence-corrected chi connectivity index (χ4v) is 4.61. The van der Waals surface area contributed by atoms with Crippen LogP contribution in [0.2, 0.25) is 5.02 Å². The van der Waals surface area contributed by atoms with Crippen molar-refractivity contribution in [2.24, 2.45) is 5.10 Å². The predicted molar refractivity (Wildman–Crippen MR) is 158 cm³/mol. The van der Waals surface area contributed by atoms with Crippen LogP contribution in [0.15, 0.2) is 58.4 Å². The van der Waals surface area contributed by atoms with E-state index >= 15 is 0 Å². The van der Waals surface area contributed by atoms with Gasteiger partial charge in [-0.25, -0.2) is 4.98 Å². The van der Waals surface area contributed by atoms with Gasteiger partial charge in [0.1, 0.15) is 5.75 Å². The Hall–Kier alpha value is -3.84. The normalized spacial score (nSPS) is 11.6. The SMILES string of the molecule is CCOc1cc(C)c(-c2nc3ccccc3c(=O)n2N=Cc2cc(Cl)cc(OC)c2OC(C)C)cc1C(C)C. The number of hydrogen-bond donors (Lipinski definition) is 0. The van der Waals surface area contributed by atoms with E-state index in [1.807, 2.05) is 58.0 Å². The first kappa shape index (κ1) is 28.2. The quantitative estimate of drug-likeness (QED) is 0.207. The van der Waals surface area contributed by atoms with Gasteiger partial charge in [0, 0.05) is 22.2 Å². The molecule has 0 amide bonds. The topological polar surface area (TPSA) is 74.9 Å². The van der Waals surface area contributed by atoms with Crippen molar-refractivity contribution in [2.75, 3.05) is 13.7 Å². The summed E-state index contributed by atoms with van der Waals surface area (Å²) in [5.41, 5.74) is 3.63. The number of rotatable bonds is 9. The molecular weight excluding hydrogens is 514 g/mol. The zero-order valence-corrected chi connectivity index (χ0v) is 24.2. The van der Waals surface area contributed by atoms with Gasteiger partial charge in [0.2, 0.25) is 0 Å². The first-order chi connectivity index (χ1) is 18.6. The monoisotopic (exact) mass is 547 g/mol. The molecule has 4 rings (SSSR count).